The summed E-state index contributed by atoms with van der Waals surface area (Å²) in [6.07, 6.45) is -2.80. The van der Waals surface area contributed by atoms with E-state index in [2.05, 4.69) is 9.98 Å². The molecule has 0 aliphatic carbocycles. The number of halogens is 3. The van der Waals surface area contributed by atoms with Crippen LogP contribution in [0, 0.1) is 0 Å². The van der Waals surface area contributed by atoms with E-state index >= 15 is 0 Å². The summed E-state index contributed by atoms with van der Waals surface area (Å²) in [4.78, 5) is 31.0. The highest BCUT2D eigenvalue weighted by Gasteiger charge is 2.30. The number of aromatic nitrogens is 2. The molecule has 7 nitrogen and oxygen atoms in total. The van der Waals surface area contributed by atoms with E-state index in [9.17, 15) is 27.9 Å². The Labute approximate surface area is 179 Å². The molecule has 0 bridgehead atoms. The summed E-state index contributed by atoms with van der Waals surface area (Å²) in [5.41, 5.74) is 1.75. The number of nitrogens with one attached hydrogen (secondary N) is 1. The van der Waals surface area contributed by atoms with E-state index in [-0.39, 0.29) is 24.4 Å². The number of aliphatic hydroxyl groups is 1. The van der Waals surface area contributed by atoms with Gasteiger partial charge < -0.3 is 19.4 Å². The fourth-order valence-electron chi connectivity index (χ4n) is 3.45. The number of esters is 1. The molecule has 2 N–H and O–H groups in total. The van der Waals surface area contributed by atoms with E-state index in [1.807, 2.05) is 0 Å². The van der Waals surface area contributed by atoms with Crippen molar-refractivity contribution in [3.05, 3.63) is 70.8 Å². The van der Waals surface area contributed by atoms with Gasteiger partial charge in [0.25, 0.3) is 5.91 Å². The number of carbonyl (C=O) groups excluding carboxylic acids is 2. The van der Waals surface area contributed by atoms with Crippen LogP contribution < -0.4 is 5.62 Å². The molecule has 1 aliphatic heterocycles. The molecule has 1 aliphatic rings. The number of aliphatic hydroxyl groups excluding tert-OH is 1. The number of alkyl halides is 3. The third-order valence-corrected chi connectivity index (χ3v) is 5.01. The van der Waals surface area contributed by atoms with Crippen LogP contribution >= 0.6 is 0 Å². The van der Waals surface area contributed by atoms with E-state index in [0.29, 0.717) is 29.6 Å². The van der Waals surface area contributed by atoms with Crippen molar-refractivity contribution in [1.82, 2.24) is 9.55 Å². The van der Waals surface area contributed by atoms with Crippen molar-refractivity contribution >= 4 is 28.5 Å². The number of aryl methyl sites for hydroxylation is 1. The second kappa shape index (κ2) is 8.46. The minimum Gasteiger partial charge on any atom is -0.458 e. The first-order valence-corrected chi connectivity index (χ1v) is 9.74. The number of nitrogens with zero attached hydrogens (tertiary/aromatic N) is 2. The zero-order valence-corrected chi connectivity index (χ0v) is 16.6. The third-order valence-electron chi connectivity index (χ3n) is 5.01. The molecule has 0 fully saturated rings. The van der Waals surface area contributed by atoms with Gasteiger partial charge in [-0.2, -0.15) is 18.2 Å². The second-order valence-electron chi connectivity index (χ2n) is 7.18. The number of amides is 1. The van der Waals surface area contributed by atoms with Gasteiger partial charge in [-0.25, -0.2) is 4.79 Å². The SMILES string of the molecule is O=C1C=C(c2ccc3c(c2)[nH]/c(=N\C(=O)c2cccc(C(F)(F)F)c2)n3CCCO)CO1. The Kier molecular flexibility index (Phi) is 5.70. The summed E-state index contributed by atoms with van der Waals surface area (Å²) in [5, 5.41) is 9.23. The summed E-state index contributed by atoms with van der Waals surface area (Å²) in [6.45, 7) is 0.390. The van der Waals surface area contributed by atoms with Crippen molar-refractivity contribution < 1.29 is 32.6 Å². The number of cyclic esters (lactones) is 1. The largest absolute Gasteiger partial charge is 0.458 e. The van der Waals surface area contributed by atoms with Gasteiger partial charge in [-0.3, -0.25) is 4.79 Å². The van der Waals surface area contributed by atoms with Gasteiger partial charge in [-0.15, -0.1) is 0 Å². The van der Waals surface area contributed by atoms with Gasteiger partial charge in [0.05, 0.1) is 16.6 Å². The van der Waals surface area contributed by atoms with Gasteiger partial charge in [-0.1, -0.05) is 12.1 Å². The average molecular weight is 445 g/mol. The summed E-state index contributed by atoms with van der Waals surface area (Å²) in [7, 11) is 0. The van der Waals surface area contributed by atoms with Crippen LogP contribution in [0.3, 0.4) is 0 Å². The molecule has 0 spiro atoms. The van der Waals surface area contributed by atoms with Gasteiger partial charge in [0.2, 0.25) is 5.62 Å². The number of benzene rings is 2. The maximum absolute atomic E-state index is 13.0. The smallest absolute Gasteiger partial charge is 0.416 e. The van der Waals surface area contributed by atoms with E-state index in [0.717, 1.165) is 23.8 Å². The molecule has 1 aromatic heterocycles. The second-order valence-corrected chi connectivity index (χ2v) is 7.18. The predicted molar refractivity (Wildman–Crippen MR) is 108 cm³/mol. The normalized spacial score (nSPS) is 14.7. The topological polar surface area (TPSA) is 96.7 Å². The highest BCUT2D eigenvalue weighted by molar-refractivity contribution is 5.97. The van der Waals surface area contributed by atoms with Crippen molar-refractivity contribution in [1.29, 1.82) is 0 Å². The number of hydrogen-bond acceptors (Lipinski definition) is 4. The van der Waals surface area contributed by atoms with E-state index in [4.69, 9.17) is 4.74 Å². The standard InChI is InChI=1S/C22H18F3N3O4/c23-22(24,25)16-4-1-3-14(9-16)20(31)27-21-26-17-10-13(15-11-19(30)32-12-15)5-6-18(17)28(21)7-2-8-29/h1,3-6,9-11,29H,2,7-8,12H2,(H,26,27,31). The van der Waals surface area contributed by atoms with Crippen molar-refractivity contribution in [2.45, 2.75) is 19.1 Å². The number of aromatic amines is 1. The molecule has 4 rings (SSSR count). The van der Waals surface area contributed by atoms with Crippen LogP contribution in [0.25, 0.3) is 16.6 Å². The van der Waals surface area contributed by atoms with Gasteiger partial charge in [0.15, 0.2) is 0 Å². The van der Waals surface area contributed by atoms with Crippen molar-refractivity contribution in [2.75, 3.05) is 13.2 Å². The fourth-order valence-corrected chi connectivity index (χ4v) is 3.45. The number of carbonyl (C=O) groups is 2. The lowest BCUT2D eigenvalue weighted by Crippen LogP contribution is -2.21. The van der Waals surface area contributed by atoms with E-state index < -0.39 is 23.6 Å². The lowest BCUT2D eigenvalue weighted by molar-refractivity contribution is -0.137. The first-order chi connectivity index (χ1) is 15.3. The number of ether oxygens (including phenoxy) is 1. The Morgan fingerprint density at radius 3 is 2.72 bits per heavy atom. The lowest BCUT2D eigenvalue weighted by atomic mass is 10.1. The number of rotatable bonds is 5. The molecule has 0 atom stereocenters. The Morgan fingerprint density at radius 1 is 1.22 bits per heavy atom. The zero-order valence-electron chi connectivity index (χ0n) is 16.6. The summed E-state index contributed by atoms with van der Waals surface area (Å²) >= 11 is 0. The van der Waals surface area contributed by atoms with Gasteiger partial charge in [-0.05, 0) is 42.3 Å². The summed E-state index contributed by atoms with van der Waals surface area (Å²) in [5.74, 6) is -1.26. The molecule has 2 heterocycles. The van der Waals surface area contributed by atoms with Crippen molar-refractivity contribution in [3.8, 4) is 0 Å². The van der Waals surface area contributed by atoms with Gasteiger partial charge >= 0.3 is 12.1 Å². The van der Waals surface area contributed by atoms with E-state index in [1.54, 1.807) is 22.8 Å². The molecule has 32 heavy (non-hydrogen) atoms. The van der Waals surface area contributed by atoms with Gasteiger partial charge in [0.1, 0.15) is 6.61 Å². The molecule has 3 aromatic rings. The van der Waals surface area contributed by atoms with Crippen LogP contribution in [-0.4, -0.2) is 39.7 Å². The van der Waals surface area contributed by atoms with Crippen LogP contribution in [0.1, 0.15) is 27.9 Å². The molecular weight excluding hydrogens is 427 g/mol. The molecule has 166 valence electrons. The van der Waals surface area contributed by atoms with Crippen LogP contribution in [0.15, 0.2) is 53.5 Å². The Balaban J connectivity index is 1.78. The lowest BCUT2D eigenvalue weighted by Gasteiger charge is -2.07. The fraction of sp³-hybridized carbons (Fsp3) is 0.227. The number of H-pyrrole nitrogens is 1. The number of fused-ring (bicyclic) bond motifs is 1. The molecule has 0 saturated carbocycles. The first kappa shape index (κ1) is 21.6. The highest BCUT2D eigenvalue weighted by Crippen LogP contribution is 2.29. The average Bonchev–Trinajstić information content (AvgIpc) is 3.34. The molecule has 0 radical (unpaired) electrons. The Morgan fingerprint density at radius 2 is 2.03 bits per heavy atom. The van der Waals surface area contributed by atoms with Crippen LogP contribution in [0.4, 0.5) is 13.2 Å². The maximum Gasteiger partial charge on any atom is 0.416 e. The zero-order chi connectivity index (χ0) is 22.9. The molecule has 1 amide bonds. The summed E-state index contributed by atoms with van der Waals surface area (Å²) in [6, 6.07) is 9.40. The minimum atomic E-state index is -4.57. The van der Waals surface area contributed by atoms with Gasteiger partial charge in [0, 0.05) is 30.4 Å². The molecule has 10 heteroatoms. The maximum atomic E-state index is 13.0. The first-order valence-electron chi connectivity index (χ1n) is 9.74. The summed E-state index contributed by atoms with van der Waals surface area (Å²) < 4.78 is 45.5. The predicted octanol–water partition coefficient (Wildman–Crippen LogP) is 3.05. The number of imidazole rings is 1. The Bertz CT molecular complexity index is 1300. The van der Waals surface area contributed by atoms with Crippen LogP contribution in [-0.2, 0) is 22.3 Å². The highest BCUT2D eigenvalue weighted by atomic mass is 19.4. The van der Waals surface area contributed by atoms with Crippen LogP contribution in [0.2, 0.25) is 0 Å². The monoisotopic (exact) mass is 445 g/mol. The molecule has 0 unspecified atom stereocenters. The van der Waals surface area contributed by atoms with Crippen molar-refractivity contribution in [3.63, 3.8) is 0 Å². The molecular formula is C22H18F3N3O4. The van der Waals surface area contributed by atoms with Crippen LogP contribution in [0.5, 0.6) is 0 Å². The molecule has 0 saturated heterocycles. The third kappa shape index (κ3) is 4.35. The van der Waals surface area contributed by atoms with Crippen molar-refractivity contribution in [2.24, 2.45) is 4.99 Å². The molecule has 2 aromatic carbocycles. The Hall–Kier alpha value is -3.66. The number of hydrogen-bond donors (Lipinski definition) is 2. The van der Waals surface area contributed by atoms with E-state index in [1.165, 1.54) is 12.1 Å². The quantitative estimate of drug-likeness (QED) is 0.590. The minimum absolute atomic E-state index is 0.0922.